The predicted molar refractivity (Wildman–Crippen MR) is 136 cm³/mol. The van der Waals surface area contributed by atoms with Gasteiger partial charge in [-0.1, -0.05) is 18.2 Å². The maximum Gasteiger partial charge on any atom is 0.310 e. The van der Waals surface area contributed by atoms with Gasteiger partial charge in [-0.15, -0.1) is 0 Å². The molecule has 188 valence electrons. The highest BCUT2D eigenvalue weighted by atomic mass is 19.1. The first-order valence-corrected chi connectivity index (χ1v) is 12.3. The molecule has 3 aromatic rings. The molecule has 1 aromatic heterocycles. The predicted octanol–water partition coefficient (Wildman–Crippen LogP) is 5.43. The van der Waals surface area contributed by atoms with Gasteiger partial charge in [0.25, 0.3) is 0 Å². The smallest absolute Gasteiger partial charge is 0.310 e. The minimum absolute atomic E-state index is 0.109. The van der Waals surface area contributed by atoms with Crippen LogP contribution in [0.15, 0.2) is 54.7 Å². The second-order valence-corrected chi connectivity index (χ2v) is 8.88. The molecule has 6 nitrogen and oxygen atoms in total. The molecular weight excluding hydrogens is 459 g/mol. The summed E-state index contributed by atoms with van der Waals surface area (Å²) < 4.78 is 24.2. The molecule has 36 heavy (non-hydrogen) atoms. The fraction of sp³-hybridized carbons (Fsp3) is 0.345. The SMILES string of the molecule is CCOC(=O)Cc1ccc(OC)c(-c2ccc(-c3ccc(F)cn3)cc2CN(CC)C(=O)C2CC2)c1. The highest BCUT2D eigenvalue weighted by Gasteiger charge is 2.33. The third-order valence-corrected chi connectivity index (χ3v) is 6.32. The van der Waals surface area contributed by atoms with Crippen molar-refractivity contribution in [1.29, 1.82) is 0 Å². The molecule has 2 aromatic carbocycles. The third-order valence-electron chi connectivity index (χ3n) is 6.32. The van der Waals surface area contributed by atoms with Gasteiger partial charge in [-0.3, -0.25) is 14.6 Å². The molecule has 0 bridgehead atoms. The van der Waals surface area contributed by atoms with Crippen LogP contribution in [-0.4, -0.2) is 42.0 Å². The molecule has 1 fully saturated rings. The van der Waals surface area contributed by atoms with Gasteiger partial charge in [0.2, 0.25) is 5.91 Å². The number of methoxy groups -OCH3 is 1. The molecule has 7 heteroatoms. The second-order valence-electron chi connectivity index (χ2n) is 8.88. The van der Waals surface area contributed by atoms with Crippen LogP contribution in [0.4, 0.5) is 4.39 Å². The van der Waals surface area contributed by atoms with Crippen LogP contribution in [0.25, 0.3) is 22.4 Å². The Morgan fingerprint density at radius 2 is 1.86 bits per heavy atom. The van der Waals surface area contributed by atoms with Crippen molar-refractivity contribution < 1.29 is 23.5 Å². The summed E-state index contributed by atoms with van der Waals surface area (Å²) >= 11 is 0. The Kier molecular flexibility index (Phi) is 7.98. The number of nitrogens with zero attached hydrogens (tertiary/aromatic N) is 2. The lowest BCUT2D eigenvalue weighted by atomic mass is 9.93. The van der Waals surface area contributed by atoms with E-state index >= 15 is 0 Å². The molecular formula is C29H31FN2O4. The van der Waals surface area contributed by atoms with Gasteiger partial charge in [0, 0.05) is 30.1 Å². The molecule has 4 rings (SSSR count). The molecule has 0 aliphatic heterocycles. The number of ether oxygens (including phenoxy) is 2. The average Bonchev–Trinajstić information content (AvgIpc) is 3.73. The van der Waals surface area contributed by atoms with Gasteiger partial charge >= 0.3 is 5.97 Å². The topological polar surface area (TPSA) is 68.7 Å². The number of aromatic nitrogens is 1. The van der Waals surface area contributed by atoms with Crippen LogP contribution < -0.4 is 4.74 Å². The average molecular weight is 491 g/mol. The van der Waals surface area contributed by atoms with Crippen LogP contribution in [0.3, 0.4) is 0 Å². The van der Waals surface area contributed by atoms with Crippen LogP contribution >= 0.6 is 0 Å². The highest BCUT2D eigenvalue weighted by molar-refractivity contribution is 5.82. The summed E-state index contributed by atoms with van der Waals surface area (Å²) in [6.07, 6.45) is 3.22. The lowest BCUT2D eigenvalue weighted by Crippen LogP contribution is -2.31. The standard InChI is InChI=1S/C29H31FN2O4/c1-4-32(29(34)20-7-8-20)18-22-16-21(26-12-10-23(30)17-31-26)9-11-24(22)25-14-19(6-13-27(25)35-3)15-28(33)36-5-2/h6,9-14,16-17,20H,4-5,7-8,15,18H2,1-3H3. The van der Waals surface area contributed by atoms with E-state index < -0.39 is 5.82 Å². The molecule has 1 saturated carbocycles. The Bertz CT molecular complexity index is 1240. The number of carbonyl (C=O) groups excluding carboxylic acids is 2. The number of hydrogen-bond donors (Lipinski definition) is 0. The monoisotopic (exact) mass is 490 g/mol. The highest BCUT2D eigenvalue weighted by Crippen LogP contribution is 2.37. The van der Waals surface area contributed by atoms with E-state index in [1.165, 1.54) is 12.3 Å². The van der Waals surface area contributed by atoms with Gasteiger partial charge in [-0.25, -0.2) is 4.39 Å². The molecule has 0 atom stereocenters. The van der Waals surface area contributed by atoms with Crippen molar-refractivity contribution in [3.05, 3.63) is 71.7 Å². The summed E-state index contributed by atoms with van der Waals surface area (Å²) in [5.74, 6) is 0.243. The van der Waals surface area contributed by atoms with Gasteiger partial charge in [-0.05, 0) is 73.7 Å². The Morgan fingerprint density at radius 1 is 1.06 bits per heavy atom. The number of esters is 1. The molecule has 0 radical (unpaired) electrons. The van der Waals surface area contributed by atoms with Crippen molar-refractivity contribution in [1.82, 2.24) is 9.88 Å². The molecule has 0 spiro atoms. The summed E-state index contributed by atoms with van der Waals surface area (Å²) in [6, 6.07) is 14.5. The Morgan fingerprint density at radius 3 is 2.50 bits per heavy atom. The van der Waals surface area contributed by atoms with Crippen LogP contribution in [0.2, 0.25) is 0 Å². The lowest BCUT2D eigenvalue weighted by Gasteiger charge is -2.24. The molecule has 1 aliphatic rings. The number of rotatable bonds is 10. The zero-order chi connectivity index (χ0) is 25.7. The maximum atomic E-state index is 13.5. The van der Waals surface area contributed by atoms with E-state index in [0.717, 1.165) is 40.7 Å². The maximum absolute atomic E-state index is 13.5. The molecule has 1 heterocycles. The minimum Gasteiger partial charge on any atom is -0.496 e. The number of benzene rings is 2. The van der Waals surface area contributed by atoms with Crippen LogP contribution in [0, 0.1) is 11.7 Å². The van der Waals surface area contributed by atoms with Gasteiger partial charge in [0.1, 0.15) is 11.6 Å². The first-order valence-electron chi connectivity index (χ1n) is 12.3. The summed E-state index contributed by atoms with van der Waals surface area (Å²) in [5, 5.41) is 0. The van der Waals surface area contributed by atoms with E-state index in [0.29, 0.717) is 31.1 Å². The van der Waals surface area contributed by atoms with Crippen LogP contribution in [-0.2, 0) is 27.3 Å². The van der Waals surface area contributed by atoms with E-state index in [-0.39, 0.29) is 24.2 Å². The van der Waals surface area contributed by atoms with E-state index in [1.54, 1.807) is 20.1 Å². The fourth-order valence-corrected chi connectivity index (χ4v) is 4.29. The number of hydrogen-bond acceptors (Lipinski definition) is 5. The largest absolute Gasteiger partial charge is 0.496 e. The summed E-state index contributed by atoms with van der Waals surface area (Å²) in [7, 11) is 1.61. The summed E-state index contributed by atoms with van der Waals surface area (Å²) in [4.78, 5) is 31.1. The van der Waals surface area contributed by atoms with Gasteiger partial charge in [0.05, 0.1) is 32.0 Å². The van der Waals surface area contributed by atoms with Gasteiger partial charge in [-0.2, -0.15) is 0 Å². The van der Waals surface area contributed by atoms with E-state index in [1.807, 2.05) is 48.2 Å². The zero-order valence-electron chi connectivity index (χ0n) is 20.9. The van der Waals surface area contributed by atoms with Gasteiger partial charge in [0.15, 0.2) is 0 Å². The summed E-state index contributed by atoms with van der Waals surface area (Å²) in [5.41, 5.74) is 4.91. The second kappa shape index (κ2) is 11.3. The van der Waals surface area contributed by atoms with Crippen molar-refractivity contribution in [3.63, 3.8) is 0 Å². The number of carbonyl (C=O) groups is 2. The van der Waals surface area contributed by atoms with Crippen molar-refractivity contribution >= 4 is 11.9 Å². The van der Waals surface area contributed by atoms with Crippen molar-refractivity contribution in [2.24, 2.45) is 5.92 Å². The molecule has 0 saturated heterocycles. The van der Waals surface area contributed by atoms with E-state index in [9.17, 15) is 14.0 Å². The molecule has 1 aliphatic carbocycles. The Labute approximate surface area is 211 Å². The van der Waals surface area contributed by atoms with E-state index in [2.05, 4.69) is 4.98 Å². The number of amides is 1. The van der Waals surface area contributed by atoms with E-state index in [4.69, 9.17) is 9.47 Å². The first kappa shape index (κ1) is 25.4. The van der Waals surface area contributed by atoms with Crippen molar-refractivity contribution in [2.75, 3.05) is 20.3 Å². The molecule has 1 amide bonds. The van der Waals surface area contributed by atoms with Crippen molar-refractivity contribution in [3.8, 4) is 28.1 Å². The number of pyridine rings is 1. The Hall–Kier alpha value is -3.74. The zero-order valence-corrected chi connectivity index (χ0v) is 20.9. The number of halogens is 1. The molecule has 0 N–H and O–H groups in total. The Balaban J connectivity index is 1.78. The van der Waals surface area contributed by atoms with Crippen molar-refractivity contribution in [2.45, 2.75) is 39.7 Å². The van der Waals surface area contributed by atoms with Crippen LogP contribution in [0.5, 0.6) is 5.75 Å². The van der Waals surface area contributed by atoms with Gasteiger partial charge < -0.3 is 14.4 Å². The quantitative estimate of drug-likeness (QED) is 0.355. The normalized spacial score (nSPS) is 12.8. The minimum atomic E-state index is -0.397. The molecule has 0 unspecified atom stereocenters. The third kappa shape index (κ3) is 5.90. The first-order chi connectivity index (χ1) is 17.4. The summed E-state index contributed by atoms with van der Waals surface area (Å²) in [6.45, 7) is 5.09. The fourth-order valence-electron chi connectivity index (χ4n) is 4.29. The lowest BCUT2D eigenvalue weighted by molar-refractivity contribution is -0.142. The van der Waals surface area contributed by atoms with Crippen LogP contribution in [0.1, 0.15) is 37.8 Å².